The standard InChI is InChI=1S/C17H19NO/c1-18-11-16(12-18)15-8-5-9-17(10-15)19-13-14-6-3-2-4-7-14/h2-10,16H,11-13H2,1H3. The Balaban J connectivity index is 1.63. The van der Waals surface area contributed by atoms with Crippen molar-refractivity contribution in [2.24, 2.45) is 0 Å². The van der Waals surface area contributed by atoms with Gasteiger partial charge in [0.15, 0.2) is 0 Å². The zero-order valence-corrected chi connectivity index (χ0v) is 11.3. The Morgan fingerprint density at radius 2 is 1.84 bits per heavy atom. The molecule has 2 aromatic carbocycles. The van der Waals surface area contributed by atoms with Crippen LogP contribution in [0.5, 0.6) is 5.75 Å². The molecule has 0 unspecified atom stereocenters. The van der Waals surface area contributed by atoms with Gasteiger partial charge in [0.05, 0.1) is 0 Å². The molecule has 1 aliphatic heterocycles. The van der Waals surface area contributed by atoms with Crippen LogP contribution in [0.4, 0.5) is 0 Å². The highest BCUT2D eigenvalue weighted by atomic mass is 16.5. The quantitative estimate of drug-likeness (QED) is 0.829. The molecule has 0 radical (unpaired) electrons. The third-order valence-corrected chi connectivity index (χ3v) is 3.64. The summed E-state index contributed by atoms with van der Waals surface area (Å²) < 4.78 is 5.86. The lowest BCUT2D eigenvalue weighted by molar-refractivity contribution is 0.189. The van der Waals surface area contributed by atoms with Gasteiger partial charge in [-0.05, 0) is 30.3 Å². The largest absolute Gasteiger partial charge is 0.489 e. The van der Waals surface area contributed by atoms with Crippen LogP contribution in [0.15, 0.2) is 54.6 Å². The van der Waals surface area contributed by atoms with Crippen molar-refractivity contribution in [1.29, 1.82) is 0 Å². The smallest absolute Gasteiger partial charge is 0.120 e. The molecule has 0 N–H and O–H groups in total. The van der Waals surface area contributed by atoms with Crippen molar-refractivity contribution in [3.05, 3.63) is 65.7 Å². The SMILES string of the molecule is CN1CC(c2cccc(OCc3ccccc3)c2)C1. The maximum atomic E-state index is 5.86. The van der Waals surface area contributed by atoms with Gasteiger partial charge in [0.2, 0.25) is 0 Å². The van der Waals surface area contributed by atoms with E-state index in [4.69, 9.17) is 4.74 Å². The summed E-state index contributed by atoms with van der Waals surface area (Å²) in [5, 5.41) is 0. The fourth-order valence-corrected chi connectivity index (χ4v) is 2.51. The number of rotatable bonds is 4. The molecule has 0 saturated carbocycles. The van der Waals surface area contributed by atoms with Gasteiger partial charge in [0.25, 0.3) is 0 Å². The first-order valence-corrected chi connectivity index (χ1v) is 6.76. The van der Waals surface area contributed by atoms with Crippen LogP contribution in [0.2, 0.25) is 0 Å². The van der Waals surface area contributed by atoms with E-state index in [0.717, 1.165) is 18.8 Å². The van der Waals surface area contributed by atoms with Crippen molar-refractivity contribution in [3.63, 3.8) is 0 Å². The van der Waals surface area contributed by atoms with Crippen molar-refractivity contribution >= 4 is 0 Å². The summed E-state index contributed by atoms with van der Waals surface area (Å²) in [7, 11) is 2.16. The molecule has 0 aliphatic carbocycles. The molecular weight excluding hydrogens is 234 g/mol. The average molecular weight is 253 g/mol. The molecule has 0 amide bonds. The monoisotopic (exact) mass is 253 g/mol. The van der Waals surface area contributed by atoms with Crippen LogP contribution >= 0.6 is 0 Å². The molecule has 0 spiro atoms. The van der Waals surface area contributed by atoms with Gasteiger partial charge >= 0.3 is 0 Å². The summed E-state index contributed by atoms with van der Waals surface area (Å²) in [6, 6.07) is 18.8. The first kappa shape index (κ1) is 12.2. The molecule has 0 bridgehead atoms. The second kappa shape index (κ2) is 5.45. The molecule has 2 aromatic rings. The van der Waals surface area contributed by atoms with Crippen molar-refractivity contribution in [3.8, 4) is 5.75 Å². The lowest BCUT2D eigenvalue weighted by Gasteiger charge is -2.36. The van der Waals surface area contributed by atoms with Gasteiger partial charge in [-0.1, -0.05) is 42.5 Å². The van der Waals surface area contributed by atoms with Gasteiger partial charge in [-0.25, -0.2) is 0 Å². The number of likely N-dealkylation sites (N-methyl/N-ethyl adjacent to an activating group) is 1. The van der Waals surface area contributed by atoms with Crippen LogP contribution in [-0.4, -0.2) is 25.0 Å². The van der Waals surface area contributed by atoms with E-state index in [-0.39, 0.29) is 0 Å². The van der Waals surface area contributed by atoms with E-state index in [1.165, 1.54) is 11.1 Å². The topological polar surface area (TPSA) is 12.5 Å². The van der Waals surface area contributed by atoms with Crippen LogP contribution in [0, 0.1) is 0 Å². The molecule has 3 rings (SSSR count). The fourth-order valence-electron chi connectivity index (χ4n) is 2.51. The zero-order valence-electron chi connectivity index (χ0n) is 11.3. The first-order chi connectivity index (χ1) is 9.31. The zero-order chi connectivity index (χ0) is 13.1. The Hall–Kier alpha value is -1.80. The van der Waals surface area contributed by atoms with Gasteiger partial charge in [0.1, 0.15) is 12.4 Å². The highest BCUT2D eigenvalue weighted by molar-refractivity contribution is 5.32. The van der Waals surface area contributed by atoms with E-state index < -0.39 is 0 Å². The van der Waals surface area contributed by atoms with Crippen molar-refractivity contribution in [2.45, 2.75) is 12.5 Å². The Morgan fingerprint density at radius 1 is 1.05 bits per heavy atom. The highest BCUT2D eigenvalue weighted by Gasteiger charge is 2.24. The third kappa shape index (κ3) is 2.96. The Kier molecular flexibility index (Phi) is 3.51. The van der Waals surface area contributed by atoms with E-state index in [2.05, 4.69) is 42.3 Å². The van der Waals surface area contributed by atoms with Crippen molar-refractivity contribution < 1.29 is 4.74 Å². The summed E-state index contributed by atoms with van der Waals surface area (Å²) in [5.41, 5.74) is 2.60. The number of ether oxygens (including phenoxy) is 1. The normalized spacial score (nSPS) is 16.1. The summed E-state index contributed by atoms with van der Waals surface area (Å²) in [5.74, 6) is 1.64. The van der Waals surface area contributed by atoms with Crippen LogP contribution in [0.25, 0.3) is 0 Å². The predicted molar refractivity (Wildman–Crippen MR) is 77.5 cm³/mol. The number of nitrogens with zero attached hydrogens (tertiary/aromatic N) is 1. The summed E-state index contributed by atoms with van der Waals surface area (Å²) in [6.07, 6.45) is 0. The minimum atomic E-state index is 0.634. The minimum absolute atomic E-state index is 0.634. The number of benzene rings is 2. The minimum Gasteiger partial charge on any atom is -0.489 e. The average Bonchev–Trinajstić information content (AvgIpc) is 2.43. The lowest BCUT2D eigenvalue weighted by atomic mass is 9.92. The molecule has 0 atom stereocenters. The molecule has 1 fully saturated rings. The van der Waals surface area contributed by atoms with Crippen LogP contribution < -0.4 is 4.74 Å². The van der Waals surface area contributed by atoms with Gasteiger partial charge < -0.3 is 9.64 Å². The lowest BCUT2D eigenvalue weighted by Crippen LogP contribution is -2.41. The highest BCUT2D eigenvalue weighted by Crippen LogP contribution is 2.28. The third-order valence-electron chi connectivity index (χ3n) is 3.64. The number of hydrogen-bond acceptors (Lipinski definition) is 2. The van der Waals surface area contributed by atoms with Crippen molar-refractivity contribution in [2.75, 3.05) is 20.1 Å². The van der Waals surface area contributed by atoms with Crippen molar-refractivity contribution in [1.82, 2.24) is 4.90 Å². The Morgan fingerprint density at radius 3 is 2.58 bits per heavy atom. The Bertz CT molecular complexity index is 532. The summed E-state index contributed by atoms with van der Waals surface area (Å²) >= 11 is 0. The molecule has 1 saturated heterocycles. The maximum absolute atomic E-state index is 5.86. The molecule has 0 aromatic heterocycles. The molecule has 98 valence electrons. The fraction of sp³-hybridized carbons (Fsp3) is 0.294. The second-order valence-electron chi connectivity index (χ2n) is 5.26. The summed E-state index contributed by atoms with van der Waals surface area (Å²) in [4.78, 5) is 2.34. The molecule has 2 nitrogen and oxygen atoms in total. The first-order valence-electron chi connectivity index (χ1n) is 6.76. The van der Waals surface area contributed by atoms with E-state index in [9.17, 15) is 0 Å². The van der Waals surface area contributed by atoms with E-state index in [1.54, 1.807) is 0 Å². The van der Waals surface area contributed by atoms with Crippen LogP contribution in [0.3, 0.4) is 0 Å². The number of hydrogen-bond donors (Lipinski definition) is 0. The van der Waals surface area contributed by atoms with Gasteiger partial charge in [0, 0.05) is 19.0 Å². The van der Waals surface area contributed by atoms with Crippen LogP contribution in [0.1, 0.15) is 17.0 Å². The molecule has 1 heterocycles. The second-order valence-corrected chi connectivity index (χ2v) is 5.26. The number of likely N-dealkylation sites (tertiary alicyclic amines) is 1. The summed E-state index contributed by atoms with van der Waals surface area (Å²) in [6.45, 7) is 2.94. The van der Waals surface area contributed by atoms with E-state index in [0.29, 0.717) is 12.5 Å². The molecule has 2 heteroatoms. The van der Waals surface area contributed by atoms with E-state index >= 15 is 0 Å². The van der Waals surface area contributed by atoms with Crippen LogP contribution in [-0.2, 0) is 6.61 Å². The van der Waals surface area contributed by atoms with Gasteiger partial charge in [-0.2, -0.15) is 0 Å². The Labute approximate surface area is 114 Å². The maximum Gasteiger partial charge on any atom is 0.120 e. The molecule has 19 heavy (non-hydrogen) atoms. The predicted octanol–water partition coefficient (Wildman–Crippen LogP) is 3.29. The van der Waals surface area contributed by atoms with E-state index in [1.807, 2.05) is 24.3 Å². The van der Waals surface area contributed by atoms with Gasteiger partial charge in [-0.3, -0.25) is 0 Å². The molecule has 1 aliphatic rings. The molecular formula is C17H19NO. The van der Waals surface area contributed by atoms with Gasteiger partial charge in [-0.15, -0.1) is 0 Å².